The molecule has 0 aliphatic rings. The van der Waals surface area contributed by atoms with Crippen molar-refractivity contribution in [3.8, 4) is 5.82 Å². The minimum atomic E-state index is -0.403. The molecule has 0 aliphatic heterocycles. The van der Waals surface area contributed by atoms with Crippen LogP contribution >= 0.6 is 12.2 Å². The molecular weight excluding hydrogens is 329 g/mol. The Morgan fingerprint density at radius 1 is 1.32 bits per heavy atom. The van der Waals surface area contributed by atoms with Crippen molar-refractivity contribution >= 4 is 42.3 Å². The van der Waals surface area contributed by atoms with Crippen LogP contribution in [0.25, 0.3) is 15.5 Å². The van der Waals surface area contributed by atoms with E-state index in [1.807, 2.05) is 21.8 Å². The first-order valence-corrected chi connectivity index (χ1v) is 7.42. The van der Waals surface area contributed by atoms with E-state index in [0.717, 1.165) is 15.5 Å². The van der Waals surface area contributed by atoms with Gasteiger partial charge in [-0.25, -0.2) is 0 Å². The first-order valence-electron chi connectivity index (χ1n) is 5.39. The third kappa shape index (κ3) is 2.12. The standard InChI is InChI=1S/C12H7N3O2SSe/c16-15(17)8-4-5-10-9(7-8)12(18)14(19-10)11-3-1-2-6-13-11/h1-7H. The summed E-state index contributed by atoms with van der Waals surface area (Å²) in [5.74, 6) is 0.784. The third-order valence-corrected chi connectivity index (χ3v) is 5.62. The van der Waals surface area contributed by atoms with Crippen LogP contribution in [0.1, 0.15) is 0 Å². The Bertz CT molecular complexity index is 826. The molecule has 2 heterocycles. The zero-order valence-electron chi connectivity index (χ0n) is 9.52. The number of hydrogen-bond acceptors (Lipinski definition) is 4. The molecule has 0 fully saturated rings. The molecule has 0 atom stereocenters. The van der Waals surface area contributed by atoms with Gasteiger partial charge in [0.1, 0.15) is 0 Å². The van der Waals surface area contributed by atoms with Crippen molar-refractivity contribution in [1.82, 2.24) is 8.55 Å². The molecule has 0 radical (unpaired) electrons. The van der Waals surface area contributed by atoms with Crippen LogP contribution in [0, 0.1) is 14.8 Å². The fourth-order valence-corrected chi connectivity index (χ4v) is 4.37. The van der Waals surface area contributed by atoms with Gasteiger partial charge in [-0.2, -0.15) is 0 Å². The van der Waals surface area contributed by atoms with E-state index in [9.17, 15) is 10.1 Å². The number of rotatable bonds is 2. The van der Waals surface area contributed by atoms with E-state index in [4.69, 9.17) is 12.2 Å². The molecule has 19 heavy (non-hydrogen) atoms. The predicted octanol–water partition coefficient (Wildman–Crippen LogP) is 2.72. The van der Waals surface area contributed by atoms with E-state index < -0.39 is 4.92 Å². The molecule has 3 aromatic rings. The summed E-state index contributed by atoms with van der Waals surface area (Å²) in [5, 5.41) is 11.6. The maximum absolute atomic E-state index is 10.8. The fourth-order valence-electron chi connectivity index (χ4n) is 1.75. The molecule has 0 saturated carbocycles. The van der Waals surface area contributed by atoms with Crippen LogP contribution in [0.3, 0.4) is 0 Å². The zero-order chi connectivity index (χ0) is 13.4. The first-order chi connectivity index (χ1) is 9.16. The molecule has 2 aromatic heterocycles. The summed E-state index contributed by atoms with van der Waals surface area (Å²) in [5.41, 5.74) is 0.0692. The maximum atomic E-state index is 10.8. The molecule has 7 heteroatoms. The van der Waals surface area contributed by atoms with E-state index in [1.165, 1.54) is 6.07 Å². The normalized spacial score (nSPS) is 10.7. The van der Waals surface area contributed by atoms with Gasteiger partial charge in [0.05, 0.1) is 0 Å². The number of aromatic nitrogens is 2. The number of hydrogen-bond donors (Lipinski definition) is 0. The molecular formula is C12H7N3O2SSe. The van der Waals surface area contributed by atoms with Gasteiger partial charge in [0.25, 0.3) is 0 Å². The molecule has 0 bridgehead atoms. The van der Waals surface area contributed by atoms with Gasteiger partial charge in [0.2, 0.25) is 0 Å². The van der Waals surface area contributed by atoms with Crippen LogP contribution in [0.15, 0.2) is 42.6 Å². The summed E-state index contributed by atoms with van der Waals surface area (Å²) in [6.45, 7) is 0. The van der Waals surface area contributed by atoms with E-state index in [0.29, 0.717) is 4.64 Å². The summed E-state index contributed by atoms with van der Waals surface area (Å²) < 4.78 is 3.60. The molecule has 0 aliphatic carbocycles. The Balaban J connectivity index is 2.27. The number of benzene rings is 1. The summed E-state index contributed by atoms with van der Waals surface area (Å²) in [6, 6.07) is 10.5. The Morgan fingerprint density at radius 2 is 2.16 bits per heavy atom. The van der Waals surface area contributed by atoms with E-state index in [2.05, 4.69) is 4.98 Å². The molecule has 0 unspecified atom stereocenters. The Morgan fingerprint density at radius 3 is 2.84 bits per heavy atom. The van der Waals surface area contributed by atoms with Gasteiger partial charge in [-0.3, -0.25) is 0 Å². The number of nitro groups is 1. The van der Waals surface area contributed by atoms with Crippen molar-refractivity contribution in [2.45, 2.75) is 0 Å². The molecule has 94 valence electrons. The molecule has 0 N–H and O–H groups in total. The number of pyridine rings is 1. The predicted molar refractivity (Wildman–Crippen MR) is 75.5 cm³/mol. The number of nitrogens with zero attached hydrogens (tertiary/aromatic N) is 3. The third-order valence-electron chi connectivity index (χ3n) is 2.64. The van der Waals surface area contributed by atoms with Gasteiger partial charge in [0, 0.05) is 0 Å². The molecule has 3 rings (SSSR count). The van der Waals surface area contributed by atoms with Gasteiger partial charge in [0.15, 0.2) is 0 Å². The van der Waals surface area contributed by atoms with Crippen LogP contribution in [-0.4, -0.2) is 28.2 Å². The van der Waals surface area contributed by atoms with E-state index in [1.54, 1.807) is 18.3 Å². The topological polar surface area (TPSA) is 61.0 Å². The monoisotopic (exact) mass is 337 g/mol. The van der Waals surface area contributed by atoms with Crippen molar-refractivity contribution < 1.29 is 4.92 Å². The van der Waals surface area contributed by atoms with Gasteiger partial charge in [-0.15, -0.1) is 0 Å². The van der Waals surface area contributed by atoms with Gasteiger partial charge in [-0.05, 0) is 0 Å². The fraction of sp³-hybridized carbons (Fsp3) is 0. The van der Waals surface area contributed by atoms with Crippen molar-refractivity contribution in [3.63, 3.8) is 0 Å². The second-order valence-corrected chi connectivity index (χ2v) is 6.27. The number of nitro benzene ring substituents is 1. The molecule has 5 nitrogen and oxygen atoms in total. The Hall–Kier alpha value is -1.82. The van der Waals surface area contributed by atoms with E-state index >= 15 is 0 Å². The van der Waals surface area contributed by atoms with Crippen LogP contribution < -0.4 is 0 Å². The van der Waals surface area contributed by atoms with E-state index in [-0.39, 0.29) is 20.4 Å². The van der Waals surface area contributed by atoms with Crippen molar-refractivity contribution in [2.24, 2.45) is 0 Å². The zero-order valence-corrected chi connectivity index (χ0v) is 12.0. The summed E-state index contributed by atoms with van der Waals surface area (Å²) >= 11 is 5.38. The molecule has 0 spiro atoms. The van der Waals surface area contributed by atoms with Crippen molar-refractivity contribution in [1.29, 1.82) is 0 Å². The Labute approximate surface area is 119 Å². The quantitative estimate of drug-likeness (QED) is 0.312. The van der Waals surface area contributed by atoms with Gasteiger partial charge in [-0.1, -0.05) is 0 Å². The number of non-ortho nitro benzene ring substituents is 1. The Kier molecular flexibility index (Phi) is 3.02. The van der Waals surface area contributed by atoms with Crippen LogP contribution in [0.5, 0.6) is 0 Å². The average molecular weight is 336 g/mol. The van der Waals surface area contributed by atoms with Crippen LogP contribution in [-0.2, 0) is 0 Å². The minimum absolute atomic E-state index is 0.0180. The van der Waals surface area contributed by atoms with Gasteiger partial charge >= 0.3 is 119 Å². The molecule has 0 saturated heterocycles. The first kappa shape index (κ1) is 12.2. The molecule has 1 aromatic carbocycles. The van der Waals surface area contributed by atoms with Crippen molar-refractivity contribution in [2.75, 3.05) is 0 Å². The van der Waals surface area contributed by atoms with Gasteiger partial charge < -0.3 is 0 Å². The average Bonchev–Trinajstić information content (AvgIpc) is 2.77. The summed E-state index contributed by atoms with van der Waals surface area (Å²) in [7, 11) is 0. The summed E-state index contributed by atoms with van der Waals surface area (Å²) in [4.78, 5) is 14.7. The SMILES string of the molecule is O=[N+]([O-])c1ccc2[se]n(-c3ccccn3)c(=S)c2c1. The second-order valence-electron chi connectivity index (χ2n) is 3.82. The second kappa shape index (κ2) is 4.69. The van der Waals surface area contributed by atoms with Crippen molar-refractivity contribution in [3.05, 3.63) is 57.3 Å². The van der Waals surface area contributed by atoms with Crippen LogP contribution in [0.2, 0.25) is 0 Å². The number of fused-ring (bicyclic) bond motifs is 1. The van der Waals surface area contributed by atoms with Crippen LogP contribution in [0.4, 0.5) is 5.69 Å². The molecule has 0 amide bonds. The summed E-state index contributed by atoms with van der Waals surface area (Å²) in [6.07, 6.45) is 1.71.